The summed E-state index contributed by atoms with van der Waals surface area (Å²) in [6.07, 6.45) is 0. The second-order valence-electron chi connectivity index (χ2n) is 4.89. The molecule has 0 unspecified atom stereocenters. The molecule has 19 heavy (non-hydrogen) atoms. The summed E-state index contributed by atoms with van der Waals surface area (Å²) < 4.78 is 13.2. The third kappa shape index (κ3) is 1.65. The van der Waals surface area contributed by atoms with Gasteiger partial charge in [-0.05, 0) is 19.1 Å². The molecule has 1 aromatic heterocycles. The van der Waals surface area contributed by atoms with Gasteiger partial charge in [0.1, 0.15) is 0 Å². The van der Waals surface area contributed by atoms with Crippen LogP contribution < -0.4 is 20.2 Å². The van der Waals surface area contributed by atoms with Crippen LogP contribution in [0.4, 0.5) is 11.5 Å². The summed E-state index contributed by atoms with van der Waals surface area (Å²) in [6, 6.07) is 7.88. The SMILES string of the molecule is CCN1c2ccccc2Oc2oc(C(C)C)[n+](N)c21. The fraction of sp³-hybridized carbons (Fsp3) is 0.357. The van der Waals surface area contributed by atoms with Crippen LogP contribution in [0, 0.1) is 0 Å². The Morgan fingerprint density at radius 2 is 2.05 bits per heavy atom. The van der Waals surface area contributed by atoms with E-state index in [1.54, 1.807) is 4.68 Å². The Kier molecular flexibility index (Phi) is 2.62. The number of benzene rings is 1. The van der Waals surface area contributed by atoms with Crippen molar-refractivity contribution in [2.75, 3.05) is 17.3 Å². The lowest BCUT2D eigenvalue weighted by Gasteiger charge is -2.20. The highest BCUT2D eigenvalue weighted by atomic mass is 16.6. The van der Waals surface area contributed by atoms with Gasteiger partial charge in [-0.1, -0.05) is 30.7 Å². The zero-order valence-electron chi connectivity index (χ0n) is 11.4. The maximum absolute atomic E-state index is 6.15. The van der Waals surface area contributed by atoms with Gasteiger partial charge in [0, 0.05) is 0 Å². The normalized spacial score (nSPS) is 13.2. The molecular weight excluding hydrogens is 242 g/mol. The number of fused-ring (bicyclic) bond motifs is 2. The Labute approximate surface area is 112 Å². The van der Waals surface area contributed by atoms with E-state index >= 15 is 0 Å². The van der Waals surface area contributed by atoms with Gasteiger partial charge in [-0.2, -0.15) is 0 Å². The Bertz CT molecular complexity index is 619. The summed E-state index contributed by atoms with van der Waals surface area (Å²) in [5, 5.41) is 0. The van der Waals surface area contributed by atoms with Gasteiger partial charge < -0.3 is 9.15 Å². The molecule has 2 aromatic rings. The van der Waals surface area contributed by atoms with E-state index < -0.39 is 0 Å². The zero-order chi connectivity index (χ0) is 13.6. The van der Waals surface area contributed by atoms with Gasteiger partial charge >= 0.3 is 11.8 Å². The number of rotatable bonds is 2. The minimum atomic E-state index is 0.195. The first-order valence-corrected chi connectivity index (χ1v) is 6.51. The van der Waals surface area contributed by atoms with Crippen LogP contribution in [0.15, 0.2) is 28.7 Å². The van der Waals surface area contributed by atoms with Gasteiger partial charge in [-0.3, -0.25) is 5.84 Å². The molecule has 0 atom stereocenters. The Hall–Kier alpha value is -2.17. The average molecular weight is 260 g/mol. The van der Waals surface area contributed by atoms with Crippen LogP contribution in [-0.4, -0.2) is 6.54 Å². The zero-order valence-corrected chi connectivity index (χ0v) is 11.4. The number of hydrogen-bond donors (Lipinski definition) is 1. The summed E-state index contributed by atoms with van der Waals surface area (Å²) in [6.45, 7) is 6.95. The summed E-state index contributed by atoms with van der Waals surface area (Å²) in [4.78, 5) is 2.10. The van der Waals surface area contributed by atoms with Crippen molar-refractivity contribution in [3.8, 4) is 11.7 Å². The predicted molar refractivity (Wildman–Crippen MR) is 72.3 cm³/mol. The van der Waals surface area contributed by atoms with Crippen LogP contribution in [-0.2, 0) is 0 Å². The summed E-state index contributed by atoms with van der Waals surface area (Å²) in [5.41, 5.74) is 1.01. The molecule has 0 aliphatic carbocycles. The number of ether oxygens (including phenoxy) is 1. The molecule has 0 spiro atoms. The molecule has 3 rings (SSSR count). The van der Waals surface area contributed by atoms with E-state index in [-0.39, 0.29) is 5.92 Å². The molecular formula is C14H18N3O2+. The van der Waals surface area contributed by atoms with Crippen molar-refractivity contribution in [1.82, 2.24) is 0 Å². The van der Waals surface area contributed by atoms with Gasteiger partial charge in [-0.15, -0.1) is 0 Å². The van der Waals surface area contributed by atoms with Gasteiger partial charge in [-0.25, -0.2) is 4.90 Å². The van der Waals surface area contributed by atoms with Gasteiger partial charge in [0.2, 0.25) is 0 Å². The monoisotopic (exact) mass is 260 g/mol. The van der Waals surface area contributed by atoms with E-state index in [2.05, 4.69) is 11.8 Å². The number of nitrogens with two attached hydrogens (primary N) is 1. The molecule has 5 nitrogen and oxygen atoms in total. The molecule has 0 saturated heterocycles. The molecule has 0 saturated carbocycles. The van der Waals surface area contributed by atoms with Crippen LogP contribution in [0.3, 0.4) is 0 Å². The molecule has 0 amide bonds. The number of anilines is 2. The molecule has 0 bridgehead atoms. The average Bonchev–Trinajstić information content (AvgIpc) is 2.73. The Morgan fingerprint density at radius 3 is 2.74 bits per heavy atom. The highest BCUT2D eigenvalue weighted by molar-refractivity contribution is 5.71. The minimum Gasteiger partial charge on any atom is -0.415 e. The Morgan fingerprint density at radius 1 is 1.32 bits per heavy atom. The molecule has 1 aliphatic heterocycles. The van der Waals surface area contributed by atoms with Gasteiger partial charge in [0.05, 0.1) is 12.5 Å². The van der Waals surface area contributed by atoms with Crippen LogP contribution >= 0.6 is 0 Å². The first kappa shape index (κ1) is 11.9. The van der Waals surface area contributed by atoms with Crippen molar-refractivity contribution < 1.29 is 13.8 Å². The Balaban J connectivity index is 2.19. The number of aromatic nitrogens is 1. The van der Waals surface area contributed by atoms with E-state index in [4.69, 9.17) is 15.0 Å². The largest absolute Gasteiger partial charge is 0.415 e. The predicted octanol–water partition coefficient (Wildman–Crippen LogP) is 2.67. The molecule has 100 valence electrons. The van der Waals surface area contributed by atoms with E-state index in [9.17, 15) is 0 Å². The summed E-state index contributed by atoms with van der Waals surface area (Å²) >= 11 is 0. The summed E-state index contributed by atoms with van der Waals surface area (Å²) in [7, 11) is 0. The fourth-order valence-electron chi connectivity index (χ4n) is 2.40. The molecule has 2 heterocycles. The second-order valence-corrected chi connectivity index (χ2v) is 4.89. The molecule has 0 radical (unpaired) electrons. The number of nitrogen functional groups attached to an aromatic ring is 1. The highest BCUT2D eigenvalue weighted by Crippen LogP contribution is 2.45. The number of nitrogens with zero attached hydrogens (tertiary/aromatic N) is 2. The number of para-hydroxylation sites is 2. The third-order valence-electron chi connectivity index (χ3n) is 3.27. The van der Waals surface area contributed by atoms with Gasteiger partial charge in [0.15, 0.2) is 11.4 Å². The fourth-order valence-corrected chi connectivity index (χ4v) is 2.40. The lowest BCUT2D eigenvalue weighted by atomic mass is 10.2. The summed E-state index contributed by atoms with van der Waals surface area (Å²) in [5.74, 6) is 9.08. The molecule has 2 N–H and O–H groups in total. The number of oxazole rings is 1. The molecule has 0 fully saturated rings. The van der Waals surface area contributed by atoms with E-state index in [0.29, 0.717) is 11.8 Å². The number of hydrogen-bond acceptors (Lipinski definition) is 4. The quantitative estimate of drug-likeness (QED) is 0.666. The van der Waals surface area contributed by atoms with Crippen molar-refractivity contribution in [2.45, 2.75) is 26.7 Å². The standard InChI is InChI=1S/C14H18N3O2/c1-4-16-10-7-5-6-8-11(10)18-14-12(16)17(15)13(19-14)9(2)3/h5-9H,4,15H2,1-3H3/q+1. The van der Waals surface area contributed by atoms with Crippen molar-refractivity contribution in [3.63, 3.8) is 0 Å². The van der Waals surface area contributed by atoms with E-state index in [0.717, 1.165) is 23.8 Å². The maximum Gasteiger partial charge on any atom is 0.391 e. The second kappa shape index (κ2) is 4.19. The molecule has 1 aromatic carbocycles. The topological polar surface area (TPSA) is 55.5 Å². The van der Waals surface area contributed by atoms with Crippen LogP contribution in [0.5, 0.6) is 11.7 Å². The third-order valence-corrected chi connectivity index (χ3v) is 3.27. The lowest BCUT2D eigenvalue weighted by molar-refractivity contribution is -0.639. The van der Waals surface area contributed by atoms with Crippen LogP contribution in [0.1, 0.15) is 32.6 Å². The molecule has 1 aliphatic rings. The van der Waals surface area contributed by atoms with Crippen molar-refractivity contribution in [2.24, 2.45) is 0 Å². The van der Waals surface area contributed by atoms with E-state index in [1.807, 2.05) is 38.1 Å². The smallest absolute Gasteiger partial charge is 0.391 e. The van der Waals surface area contributed by atoms with Crippen molar-refractivity contribution >= 4 is 11.5 Å². The van der Waals surface area contributed by atoms with Gasteiger partial charge in [0.25, 0.3) is 5.89 Å². The van der Waals surface area contributed by atoms with Crippen molar-refractivity contribution in [1.29, 1.82) is 0 Å². The van der Waals surface area contributed by atoms with Crippen LogP contribution in [0.25, 0.3) is 0 Å². The molecule has 5 heteroatoms. The first-order chi connectivity index (χ1) is 9.13. The van der Waals surface area contributed by atoms with E-state index in [1.165, 1.54) is 0 Å². The first-order valence-electron chi connectivity index (χ1n) is 6.51. The van der Waals surface area contributed by atoms with Crippen LogP contribution in [0.2, 0.25) is 0 Å². The highest BCUT2D eigenvalue weighted by Gasteiger charge is 2.39. The van der Waals surface area contributed by atoms with Crippen molar-refractivity contribution in [3.05, 3.63) is 30.2 Å². The minimum absolute atomic E-state index is 0.195. The lowest BCUT2D eigenvalue weighted by Crippen LogP contribution is -2.51. The maximum atomic E-state index is 6.15.